The molecule has 2 heterocycles. The summed E-state index contributed by atoms with van der Waals surface area (Å²) in [6.45, 7) is 0.767. The molecule has 1 aromatic heterocycles. The minimum absolute atomic E-state index is 0.727. The highest BCUT2D eigenvalue weighted by Gasteiger charge is 1.94. The molecule has 0 fully saturated rings. The zero-order valence-electron chi connectivity index (χ0n) is 4.22. The second-order valence-corrected chi connectivity index (χ2v) is 1.67. The van der Waals surface area contributed by atoms with Gasteiger partial charge in [0.15, 0.2) is 6.26 Å². The smallest absolute Gasteiger partial charge is 0.222 e. The van der Waals surface area contributed by atoms with Crippen LogP contribution in [0, 0.1) is 6.26 Å². The summed E-state index contributed by atoms with van der Waals surface area (Å²) >= 11 is 0. The first-order chi connectivity index (χ1) is 3.97. The summed E-state index contributed by atoms with van der Waals surface area (Å²) in [6, 6.07) is 1.80. The molecule has 0 N–H and O–H groups in total. The van der Waals surface area contributed by atoms with E-state index >= 15 is 0 Å². The highest BCUT2D eigenvalue weighted by Crippen LogP contribution is 1.77. The molecule has 0 saturated carbocycles. The molecule has 8 heavy (non-hydrogen) atoms. The summed E-state index contributed by atoms with van der Waals surface area (Å²) in [5.74, 6) is 0. The molecular formula is C6H4NO. The molecule has 2 nitrogen and oxygen atoms in total. The van der Waals surface area contributed by atoms with Crippen molar-refractivity contribution in [3.63, 3.8) is 0 Å². The Morgan fingerprint density at radius 3 is 3.62 bits per heavy atom. The van der Waals surface area contributed by atoms with E-state index in [9.17, 15) is 0 Å². The van der Waals surface area contributed by atoms with E-state index in [1.807, 2.05) is 6.08 Å². The highest BCUT2D eigenvalue weighted by molar-refractivity contribution is 5.25. The van der Waals surface area contributed by atoms with Gasteiger partial charge in [-0.25, -0.2) is 4.99 Å². The first-order valence-corrected chi connectivity index (χ1v) is 2.47. The minimum atomic E-state index is 0.727. The Morgan fingerprint density at radius 2 is 2.75 bits per heavy atom. The largest absolute Gasteiger partial charge is 0.435 e. The fraction of sp³-hybridized carbons (Fsp3) is 0.167. The van der Waals surface area contributed by atoms with Gasteiger partial charge >= 0.3 is 0 Å². The van der Waals surface area contributed by atoms with Gasteiger partial charge in [0.25, 0.3) is 0 Å². The van der Waals surface area contributed by atoms with Gasteiger partial charge in [-0.05, 0) is 6.07 Å². The Kier molecular flexibility index (Phi) is 0.592. The van der Waals surface area contributed by atoms with Gasteiger partial charge in [0.05, 0.1) is 6.54 Å². The van der Waals surface area contributed by atoms with Crippen molar-refractivity contribution in [1.29, 1.82) is 0 Å². The lowest BCUT2D eigenvalue weighted by Gasteiger charge is -1.66. The molecule has 0 aromatic carbocycles. The van der Waals surface area contributed by atoms with Crippen LogP contribution in [0.25, 0.3) is 6.08 Å². The Balaban J connectivity index is 3.08. The van der Waals surface area contributed by atoms with E-state index in [0.717, 1.165) is 17.3 Å². The summed E-state index contributed by atoms with van der Waals surface area (Å²) in [5.41, 5.74) is 0.727. The molecule has 2 heteroatoms. The first-order valence-electron chi connectivity index (χ1n) is 2.47. The van der Waals surface area contributed by atoms with Crippen molar-refractivity contribution in [3.05, 3.63) is 23.1 Å². The van der Waals surface area contributed by atoms with Crippen molar-refractivity contribution in [2.24, 2.45) is 4.99 Å². The van der Waals surface area contributed by atoms with Crippen LogP contribution in [0.15, 0.2) is 15.5 Å². The van der Waals surface area contributed by atoms with Gasteiger partial charge in [0, 0.05) is 5.22 Å². The van der Waals surface area contributed by atoms with Gasteiger partial charge in [0.2, 0.25) is 5.55 Å². The van der Waals surface area contributed by atoms with Gasteiger partial charge in [-0.2, -0.15) is 0 Å². The van der Waals surface area contributed by atoms with Crippen molar-refractivity contribution in [2.75, 3.05) is 6.54 Å². The first kappa shape index (κ1) is 3.89. The lowest BCUT2D eigenvalue weighted by Crippen LogP contribution is -2.14. The van der Waals surface area contributed by atoms with Gasteiger partial charge in [-0.15, -0.1) is 0 Å². The van der Waals surface area contributed by atoms with E-state index < -0.39 is 0 Å². The Morgan fingerprint density at radius 1 is 1.75 bits per heavy atom. The van der Waals surface area contributed by atoms with Gasteiger partial charge < -0.3 is 4.42 Å². The summed E-state index contributed by atoms with van der Waals surface area (Å²) in [6.07, 6.45) is 4.61. The van der Waals surface area contributed by atoms with Crippen LogP contribution in [0.2, 0.25) is 0 Å². The predicted molar refractivity (Wildman–Crippen MR) is 27.7 cm³/mol. The van der Waals surface area contributed by atoms with E-state index in [2.05, 4.69) is 11.3 Å². The average molecular weight is 106 g/mol. The van der Waals surface area contributed by atoms with Crippen molar-refractivity contribution < 1.29 is 4.42 Å². The summed E-state index contributed by atoms with van der Waals surface area (Å²) < 4.78 is 4.85. The summed E-state index contributed by atoms with van der Waals surface area (Å²) in [4.78, 5) is 4.01. The van der Waals surface area contributed by atoms with Crippen molar-refractivity contribution >= 4 is 6.08 Å². The molecule has 1 aliphatic heterocycles. The zero-order chi connectivity index (χ0) is 5.40. The van der Waals surface area contributed by atoms with Crippen LogP contribution in [-0.4, -0.2) is 6.54 Å². The molecule has 0 amide bonds. The molecule has 1 radical (unpaired) electrons. The van der Waals surface area contributed by atoms with Crippen LogP contribution >= 0.6 is 0 Å². The van der Waals surface area contributed by atoms with Crippen LogP contribution in [-0.2, 0) is 0 Å². The van der Waals surface area contributed by atoms with Crippen LogP contribution in [0.5, 0.6) is 0 Å². The van der Waals surface area contributed by atoms with Gasteiger partial charge in [-0.3, -0.25) is 0 Å². The molecule has 1 aromatic rings. The second-order valence-electron chi connectivity index (χ2n) is 1.67. The second kappa shape index (κ2) is 1.22. The van der Waals surface area contributed by atoms with Crippen molar-refractivity contribution in [1.82, 2.24) is 0 Å². The SMILES string of the molecule is [c]1cc2c(o1)=NCC=2. The van der Waals surface area contributed by atoms with Crippen LogP contribution < -0.4 is 10.8 Å². The molecule has 0 spiro atoms. The van der Waals surface area contributed by atoms with Gasteiger partial charge in [-0.1, -0.05) is 6.08 Å². The number of furan rings is 1. The Labute approximate surface area is 46.2 Å². The average Bonchev–Trinajstić information content (AvgIpc) is 2.15. The molecule has 0 bridgehead atoms. The van der Waals surface area contributed by atoms with E-state index in [0.29, 0.717) is 0 Å². The minimum Gasteiger partial charge on any atom is -0.435 e. The molecule has 0 saturated heterocycles. The third kappa shape index (κ3) is 0.346. The number of hydrogen-bond donors (Lipinski definition) is 0. The maximum Gasteiger partial charge on any atom is 0.222 e. The van der Waals surface area contributed by atoms with Crippen LogP contribution in [0.3, 0.4) is 0 Å². The van der Waals surface area contributed by atoms with Gasteiger partial charge in [0.1, 0.15) is 0 Å². The van der Waals surface area contributed by atoms with E-state index in [1.165, 1.54) is 0 Å². The molecule has 1 aliphatic rings. The fourth-order valence-electron chi connectivity index (χ4n) is 0.766. The topological polar surface area (TPSA) is 25.5 Å². The van der Waals surface area contributed by atoms with Crippen LogP contribution in [0.1, 0.15) is 0 Å². The number of fused-ring (bicyclic) bond motifs is 1. The lowest BCUT2D eigenvalue weighted by atomic mass is 10.4. The zero-order valence-corrected chi connectivity index (χ0v) is 4.22. The predicted octanol–water partition coefficient (Wildman–Crippen LogP) is -0.507. The number of nitrogens with zero attached hydrogens (tertiary/aromatic N) is 1. The highest BCUT2D eigenvalue weighted by atomic mass is 16.3. The molecular weight excluding hydrogens is 102 g/mol. The Bertz CT molecular complexity index is 268. The quantitative estimate of drug-likeness (QED) is 0.437. The number of hydrogen-bond acceptors (Lipinski definition) is 2. The molecule has 0 unspecified atom stereocenters. The van der Waals surface area contributed by atoms with E-state index in [-0.39, 0.29) is 0 Å². The summed E-state index contributed by atoms with van der Waals surface area (Å²) in [7, 11) is 0. The number of rotatable bonds is 0. The molecule has 0 aliphatic carbocycles. The van der Waals surface area contributed by atoms with Crippen LogP contribution in [0.4, 0.5) is 0 Å². The third-order valence-electron chi connectivity index (χ3n) is 1.16. The molecule has 2 rings (SSSR count). The third-order valence-corrected chi connectivity index (χ3v) is 1.16. The maximum atomic E-state index is 4.85. The van der Waals surface area contributed by atoms with Crippen molar-refractivity contribution in [3.8, 4) is 0 Å². The monoisotopic (exact) mass is 106 g/mol. The lowest BCUT2D eigenvalue weighted by molar-refractivity contribution is 0.502. The Hall–Kier alpha value is -1.05. The molecule has 0 atom stereocenters. The van der Waals surface area contributed by atoms with E-state index in [1.54, 1.807) is 6.07 Å². The molecule has 39 valence electrons. The van der Waals surface area contributed by atoms with E-state index in [4.69, 9.17) is 4.42 Å². The fourth-order valence-corrected chi connectivity index (χ4v) is 0.766. The normalized spacial score (nSPS) is 14.5. The summed E-state index contributed by atoms with van der Waals surface area (Å²) in [5, 5.41) is 1.07. The van der Waals surface area contributed by atoms with Crippen molar-refractivity contribution in [2.45, 2.75) is 0 Å². The standard InChI is InChI=1S/C6H4NO/c1-3-7-6-5(1)2-4-8-6/h1-2H,3H2. The maximum absolute atomic E-state index is 4.85.